The molecule has 1 aromatic rings. The fourth-order valence-electron chi connectivity index (χ4n) is 3.45. The second-order valence-electron chi connectivity index (χ2n) is 6.60. The van der Waals surface area contributed by atoms with Crippen LogP contribution in [0.4, 0.5) is 0 Å². The Balaban J connectivity index is 1.57. The number of hydrogen-bond acceptors (Lipinski definition) is 5. The van der Waals surface area contributed by atoms with Crippen molar-refractivity contribution in [1.82, 2.24) is 9.80 Å². The van der Waals surface area contributed by atoms with Crippen LogP contribution >= 0.6 is 12.2 Å². The average Bonchev–Trinajstić information content (AvgIpc) is 2.72. The third-order valence-electron chi connectivity index (χ3n) is 4.92. The van der Waals surface area contributed by atoms with E-state index in [0.717, 1.165) is 30.1 Å². The number of benzene rings is 1. The van der Waals surface area contributed by atoms with E-state index < -0.39 is 5.92 Å². The van der Waals surface area contributed by atoms with Crippen LogP contribution in [0.1, 0.15) is 5.56 Å². The van der Waals surface area contributed by atoms with Crippen molar-refractivity contribution in [2.75, 3.05) is 33.4 Å². The number of thiocarbonyl (C=S) groups is 1. The molecule has 1 atom stereocenters. The predicted molar refractivity (Wildman–Crippen MR) is 107 cm³/mol. The van der Waals surface area contributed by atoms with E-state index in [9.17, 15) is 4.79 Å². The number of nitrogens with zero attached hydrogens (tertiary/aromatic N) is 3. The van der Waals surface area contributed by atoms with Crippen LogP contribution in [0, 0.1) is 5.92 Å². The summed E-state index contributed by atoms with van der Waals surface area (Å²) in [6, 6.07) is 7.64. The van der Waals surface area contributed by atoms with Crippen molar-refractivity contribution in [3.05, 3.63) is 53.8 Å². The highest BCUT2D eigenvalue weighted by molar-refractivity contribution is 7.80. The summed E-state index contributed by atoms with van der Waals surface area (Å²) in [4.78, 5) is 21.5. The summed E-state index contributed by atoms with van der Waals surface area (Å²) in [6.07, 6.45) is 5.91. The number of rotatable bonds is 4. The highest BCUT2D eigenvalue weighted by Gasteiger charge is 2.35. The zero-order valence-corrected chi connectivity index (χ0v) is 15.9. The van der Waals surface area contributed by atoms with Crippen molar-refractivity contribution < 1.29 is 14.3 Å². The SMILES string of the molecule is COc1cccc(CN2C(=O)C3C=C(N4CCOCC4)C=CC3=NC2=S)c1. The summed E-state index contributed by atoms with van der Waals surface area (Å²) in [7, 11) is 1.62. The zero-order chi connectivity index (χ0) is 18.8. The molecular formula is C20H21N3O3S. The number of hydrogen-bond donors (Lipinski definition) is 0. The second kappa shape index (κ2) is 7.62. The van der Waals surface area contributed by atoms with Crippen molar-refractivity contribution >= 4 is 28.9 Å². The molecule has 1 amide bonds. The standard InChI is InChI=1S/C20H21N3O3S/c1-25-16-4-2-3-14(11-16)13-23-19(24)17-12-15(22-7-9-26-10-8-22)5-6-18(17)21-20(23)27/h2-6,11-12,17H,7-10,13H2,1H3. The molecule has 27 heavy (non-hydrogen) atoms. The first-order valence-electron chi connectivity index (χ1n) is 8.95. The van der Waals surface area contributed by atoms with Crippen LogP contribution < -0.4 is 4.74 Å². The van der Waals surface area contributed by atoms with Gasteiger partial charge in [-0.2, -0.15) is 0 Å². The number of methoxy groups -OCH3 is 1. The van der Waals surface area contributed by atoms with Gasteiger partial charge in [0.25, 0.3) is 0 Å². The molecule has 140 valence electrons. The molecule has 6 nitrogen and oxygen atoms in total. The van der Waals surface area contributed by atoms with Crippen molar-refractivity contribution in [2.45, 2.75) is 6.54 Å². The Labute approximate surface area is 163 Å². The number of amides is 1. The van der Waals surface area contributed by atoms with Crippen molar-refractivity contribution in [3.63, 3.8) is 0 Å². The Morgan fingerprint density at radius 2 is 2.11 bits per heavy atom. The van der Waals surface area contributed by atoms with Crippen LogP contribution in [0.3, 0.4) is 0 Å². The van der Waals surface area contributed by atoms with Gasteiger partial charge < -0.3 is 14.4 Å². The molecule has 1 aliphatic carbocycles. The van der Waals surface area contributed by atoms with E-state index in [0.29, 0.717) is 30.6 Å². The van der Waals surface area contributed by atoms with E-state index in [1.807, 2.05) is 42.5 Å². The lowest BCUT2D eigenvalue weighted by Gasteiger charge is -2.35. The van der Waals surface area contributed by atoms with E-state index >= 15 is 0 Å². The molecule has 1 saturated heterocycles. The smallest absolute Gasteiger partial charge is 0.242 e. The van der Waals surface area contributed by atoms with Gasteiger partial charge in [0, 0.05) is 18.8 Å². The van der Waals surface area contributed by atoms with Crippen LogP contribution in [0.2, 0.25) is 0 Å². The number of carbonyl (C=O) groups excluding carboxylic acids is 1. The largest absolute Gasteiger partial charge is 0.497 e. The fraction of sp³-hybridized carbons (Fsp3) is 0.350. The van der Waals surface area contributed by atoms with Gasteiger partial charge in [-0.1, -0.05) is 12.1 Å². The van der Waals surface area contributed by atoms with E-state index in [1.165, 1.54) is 0 Å². The van der Waals surface area contributed by atoms with E-state index in [1.54, 1.807) is 12.0 Å². The molecule has 0 bridgehead atoms. The van der Waals surface area contributed by atoms with Gasteiger partial charge in [-0.15, -0.1) is 0 Å². The third-order valence-corrected chi connectivity index (χ3v) is 5.23. The van der Waals surface area contributed by atoms with Crippen LogP contribution in [0.5, 0.6) is 5.75 Å². The van der Waals surface area contributed by atoms with Gasteiger partial charge in [0.1, 0.15) is 11.7 Å². The summed E-state index contributed by atoms with van der Waals surface area (Å²) in [5.41, 5.74) is 2.71. The van der Waals surface area contributed by atoms with Crippen LogP contribution in [0.15, 0.2) is 53.2 Å². The first-order chi connectivity index (χ1) is 13.2. The minimum Gasteiger partial charge on any atom is -0.497 e. The zero-order valence-electron chi connectivity index (χ0n) is 15.1. The Morgan fingerprint density at radius 1 is 1.30 bits per heavy atom. The summed E-state index contributed by atoms with van der Waals surface area (Å²) in [5.74, 6) is 0.315. The van der Waals surface area contributed by atoms with Crippen LogP contribution in [0.25, 0.3) is 0 Å². The normalized spacial score (nSPS) is 22.3. The lowest BCUT2D eigenvalue weighted by atomic mass is 9.93. The first-order valence-corrected chi connectivity index (χ1v) is 9.36. The molecular weight excluding hydrogens is 362 g/mol. The van der Waals surface area contributed by atoms with Gasteiger partial charge in [0.15, 0.2) is 0 Å². The molecule has 3 aliphatic rings. The first kappa shape index (κ1) is 17.9. The summed E-state index contributed by atoms with van der Waals surface area (Å²) >= 11 is 5.39. The van der Waals surface area contributed by atoms with Gasteiger partial charge >= 0.3 is 0 Å². The summed E-state index contributed by atoms with van der Waals surface area (Å²) < 4.78 is 10.7. The van der Waals surface area contributed by atoms with Crippen molar-refractivity contribution in [1.29, 1.82) is 0 Å². The van der Waals surface area contributed by atoms with Gasteiger partial charge in [-0.05, 0) is 48.1 Å². The van der Waals surface area contributed by atoms with Gasteiger partial charge in [0.05, 0.1) is 32.6 Å². The Kier molecular flexibility index (Phi) is 5.05. The molecule has 2 heterocycles. The molecule has 0 N–H and O–H groups in total. The molecule has 0 saturated carbocycles. The molecule has 0 spiro atoms. The molecule has 1 fully saturated rings. The van der Waals surface area contributed by atoms with Gasteiger partial charge in [0.2, 0.25) is 11.0 Å². The minimum absolute atomic E-state index is 0.0390. The van der Waals surface area contributed by atoms with E-state index in [2.05, 4.69) is 9.89 Å². The topological polar surface area (TPSA) is 54.4 Å². The quantitative estimate of drug-likeness (QED) is 0.746. The highest BCUT2D eigenvalue weighted by atomic mass is 32.1. The molecule has 0 aromatic heterocycles. The molecule has 1 unspecified atom stereocenters. The molecule has 4 rings (SSSR count). The molecule has 1 aromatic carbocycles. The number of fused-ring (bicyclic) bond motifs is 1. The molecule has 0 radical (unpaired) electrons. The number of aliphatic imine (C=N–C) groups is 1. The Bertz CT molecular complexity index is 856. The van der Waals surface area contributed by atoms with Crippen molar-refractivity contribution in [2.24, 2.45) is 10.9 Å². The summed E-state index contributed by atoms with van der Waals surface area (Å²) in [5, 5.41) is 0.307. The van der Waals surface area contributed by atoms with E-state index in [-0.39, 0.29) is 5.91 Å². The highest BCUT2D eigenvalue weighted by Crippen LogP contribution is 2.26. The second-order valence-corrected chi connectivity index (χ2v) is 6.96. The average molecular weight is 383 g/mol. The maximum atomic E-state index is 13.2. The fourth-order valence-corrected chi connectivity index (χ4v) is 3.71. The minimum atomic E-state index is -0.398. The lowest BCUT2D eigenvalue weighted by Crippen LogP contribution is -2.46. The lowest BCUT2D eigenvalue weighted by molar-refractivity contribution is -0.129. The van der Waals surface area contributed by atoms with Crippen molar-refractivity contribution in [3.8, 4) is 5.75 Å². The van der Waals surface area contributed by atoms with Gasteiger partial charge in [-0.25, -0.2) is 4.99 Å². The predicted octanol–water partition coefficient (Wildman–Crippen LogP) is 2.17. The Morgan fingerprint density at radius 3 is 2.89 bits per heavy atom. The summed E-state index contributed by atoms with van der Waals surface area (Å²) in [6.45, 7) is 3.45. The van der Waals surface area contributed by atoms with Crippen LogP contribution in [-0.2, 0) is 16.1 Å². The maximum absolute atomic E-state index is 13.2. The molecule has 7 heteroatoms. The monoisotopic (exact) mass is 383 g/mol. The number of morpholine rings is 1. The Hall–Kier alpha value is -2.51. The number of allylic oxidation sites excluding steroid dienone is 2. The van der Waals surface area contributed by atoms with Crippen LogP contribution in [-0.4, -0.2) is 59.9 Å². The third kappa shape index (κ3) is 3.65. The van der Waals surface area contributed by atoms with E-state index in [4.69, 9.17) is 21.7 Å². The number of ether oxygens (including phenoxy) is 2. The van der Waals surface area contributed by atoms with Gasteiger partial charge in [-0.3, -0.25) is 9.69 Å². The maximum Gasteiger partial charge on any atom is 0.242 e. The number of carbonyl (C=O) groups is 1. The molecule has 2 aliphatic heterocycles.